The van der Waals surface area contributed by atoms with Crippen molar-refractivity contribution < 1.29 is 9.47 Å². The van der Waals surface area contributed by atoms with E-state index in [0.717, 1.165) is 30.6 Å². The number of hydrogen-bond acceptors (Lipinski definition) is 3. The van der Waals surface area contributed by atoms with Crippen LogP contribution < -0.4 is 10.5 Å². The molecule has 0 radical (unpaired) electrons. The van der Waals surface area contributed by atoms with E-state index in [9.17, 15) is 0 Å². The van der Waals surface area contributed by atoms with Crippen molar-refractivity contribution in [2.75, 3.05) is 6.61 Å². The number of rotatable bonds is 5. The van der Waals surface area contributed by atoms with Gasteiger partial charge in [-0.25, -0.2) is 0 Å². The standard InChI is InChI=1S/C16H25NO2/c1-4-15(17)12-5-7-13(8-6-12)18-11-14-9-10-16(2,3)19-14/h5-8,14-15H,4,9-11,17H2,1-3H3/t14?,15-/m1/s1. The van der Waals surface area contributed by atoms with Crippen LogP contribution in [0.4, 0.5) is 0 Å². The van der Waals surface area contributed by atoms with Crippen LogP contribution in [0.3, 0.4) is 0 Å². The molecule has 1 aliphatic rings. The van der Waals surface area contributed by atoms with E-state index in [4.69, 9.17) is 15.2 Å². The number of hydrogen-bond donors (Lipinski definition) is 1. The van der Waals surface area contributed by atoms with Gasteiger partial charge in [0.25, 0.3) is 0 Å². The molecule has 2 N–H and O–H groups in total. The van der Waals surface area contributed by atoms with Crippen molar-refractivity contribution in [3.05, 3.63) is 29.8 Å². The quantitative estimate of drug-likeness (QED) is 0.885. The molecule has 0 amide bonds. The molecule has 1 fully saturated rings. The molecule has 2 rings (SSSR count). The molecule has 0 bridgehead atoms. The van der Waals surface area contributed by atoms with Gasteiger partial charge in [-0.1, -0.05) is 19.1 Å². The van der Waals surface area contributed by atoms with Gasteiger partial charge in [-0.15, -0.1) is 0 Å². The summed E-state index contributed by atoms with van der Waals surface area (Å²) < 4.78 is 11.7. The Kier molecular flexibility index (Phi) is 4.48. The third-order valence-electron chi connectivity index (χ3n) is 3.74. The number of benzene rings is 1. The van der Waals surface area contributed by atoms with Crippen molar-refractivity contribution in [2.24, 2.45) is 5.73 Å². The van der Waals surface area contributed by atoms with E-state index in [-0.39, 0.29) is 17.7 Å². The molecule has 3 heteroatoms. The van der Waals surface area contributed by atoms with Crippen molar-refractivity contribution in [1.82, 2.24) is 0 Å². The zero-order valence-corrected chi connectivity index (χ0v) is 12.2. The van der Waals surface area contributed by atoms with E-state index in [1.807, 2.05) is 24.3 Å². The van der Waals surface area contributed by atoms with Gasteiger partial charge in [-0.2, -0.15) is 0 Å². The van der Waals surface area contributed by atoms with Crippen LogP contribution in [0.25, 0.3) is 0 Å². The average molecular weight is 263 g/mol. The maximum Gasteiger partial charge on any atom is 0.119 e. The predicted octanol–water partition coefficient (Wildman–Crippen LogP) is 3.43. The molecule has 106 valence electrons. The van der Waals surface area contributed by atoms with Crippen molar-refractivity contribution in [3.63, 3.8) is 0 Å². The SMILES string of the molecule is CC[C@@H](N)c1ccc(OCC2CCC(C)(C)O2)cc1. The maximum atomic E-state index is 5.99. The second-order valence-electron chi connectivity index (χ2n) is 5.93. The monoisotopic (exact) mass is 263 g/mol. The second-order valence-corrected chi connectivity index (χ2v) is 5.93. The molecule has 1 saturated heterocycles. The average Bonchev–Trinajstić information content (AvgIpc) is 2.76. The zero-order chi connectivity index (χ0) is 13.9. The van der Waals surface area contributed by atoms with Crippen molar-refractivity contribution in [2.45, 2.75) is 57.8 Å². The molecule has 1 heterocycles. The fourth-order valence-electron chi connectivity index (χ4n) is 2.43. The molecule has 1 aromatic carbocycles. The Morgan fingerprint density at radius 2 is 2.05 bits per heavy atom. The third kappa shape index (κ3) is 3.95. The lowest BCUT2D eigenvalue weighted by atomic mass is 10.1. The van der Waals surface area contributed by atoms with Gasteiger partial charge < -0.3 is 15.2 Å². The fourth-order valence-corrected chi connectivity index (χ4v) is 2.43. The highest BCUT2D eigenvalue weighted by Gasteiger charge is 2.31. The first-order valence-corrected chi connectivity index (χ1v) is 7.16. The van der Waals surface area contributed by atoms with Gasteiger partial charge >= 0.3 is 0 Å². The summed E-state index contributed by atoms with van der Waals surface area (Å²) in [5.41, 5.74) is 7.15. The van der Waals surface area contributed by atoms with Crippen LogP contribution >= 0.6 is 0 Å². The van der Waals surface area contributed by atoms with Crippen molar-refractivity contribution >= 4 is 0 Å². The first kappa shape index (κ1) is 14.4. The van der Waals surface area contributed by atoms with Crippen LogP contribution in [0.2, 0.25) is 0 Å². The maximum absolute atomic E-state index is 5.99. The van der Waals surface area contributed by atoms with Gasteiger partial charge in [0.05, 0.1) is 11.7 Å². The van der Waals surface area contributed by atoms with Crippen LogP contribution in [-0.2, 0) is 4.74 Å². The Labute approximate surface area is 116 Å². The highest BCUT2D eigenvalue weighted by molar-refractivity contribution is 5.29. The van der Waals surface area contributed by atoms with Gasteiger partial charge in [0.1, 0.15) is 12.4 Å². The minimum Gasteiger partial charge on any atom is -0.491 e. The molecule has 0 aliphatic carbocycles. The summed E-state index contributed by atoms with van der Waals surface area (Å²) in [5.74, 6) is 0.889. The highest BCUT2D eigenvalue weighted by atomic mass is 16.6. The lowest BCUT2D eigenvalue weighted by Crippen LogP contribution is -2.23. The first-order chi connectivity index (χ1) is 9.00. The topological polar surface area (TPSA) is 44.5 Å². The molecule has 19 heavy (non-hydrogen) atoms. The summed E-state index contributed by atoms with van der Waals surface area (Å²) in [6.07, 6.45) is 3.34. The van der Waals surface area contributed by atoms with E-state index in [1.165, 1.54) is 0 Å². The molecular weight excluding hydrogens is 238 g/mol. The molecule has 2 atom stereocenters. The smallest absolute Gasteiger partial charge is 0.119 e. The minimum atomic E-state index is 0.00574. The Morgan fingerprint density at radius 1 is 1.37 bits per heavy atom. The highest BCUT2D eigenvalue weighted by Crippen LogP contribution is 2.29. The fraction of sp³-hybridized carbons (Fsp3) is 0.625. The Hall–Kier alpha value is -1.06. The van der Waals surface area contributed by atoms with Crippen LogP contribution in [-0.4, -0.2) is 18.3 Å². The molecule has 0 saturated carbocycles. The lowest BCUT2D eigenvalue weighted by molar-refractivity contribution is -0.0326. The summed E-state index contributed by atoms with van der Waals surface area (Å²) in [6, 6.07) is 8.19. The summed E-state index contributed by atoms with van der Waals surface area (Å²) >= 11 is 0. The molecule has 3 nitrogen and oxygen atoms in total. The van der Waals surface area contributed by atoms with Crippen LogP contribution in [0, 0.1) is 0 Å². The normalized spacial score (nSPS) is 23.3. The number of nitrogens with two attached hydrogens (primary N) is 1. The zero-order valence-electron chi connectivity index (χ0n) is 12.2. The lowest BCUT2D eigenvalue weighted by Gasteiger charge is -2.19. The minimum absolute atomic E-state index is 0.00574. The van der Waals surface area contributed by atoms with Crippen LogP contribution in [0.1, 0.15) is 51.6 Å². The predicted molar refractivity (Wildman–Crippen MR) is 77.3 cm³/mol. The Bertz CT molecular complexity index is 400. The van der Waals surface area contributed by atoms with Gasteiger partial charge in [0.15, 0.2) is 0 Å². The van der Waals surface area contributed by atoms with Gasteiger partial charge in [-0.3, -0.25) is 0 Å². The first-order valence-electron chi connectivity index (χ1n) is 7.16. The van der Waals surface area contributed by atoms with E-state index in [0.29, 0.717) is 6.61 Å². The number of ether oxygens (including phenoxy) is 2. The Morgan fingerprint density at radius 3 is 2.58 bits per heavy atom. The van der Waals surface area contributed by atoms with Crippen LogP contribution in [0.15, 0.2) is 24.3 Å². The van der Waals surface area contributed by atoms with Crippen LogP contribution in [0.5, 0.6) is 5.75 Å². The van der Waals surface area contributed by atoms with E-state index >= 15 is 0 Å². The van der Waals surface area contributed by atoms with E-state index in [2.05, 4.69) is 20.8 Å². The second kappa shape index (κ2) is 5.93. The van der Waals surface area contributed by atoms with Crippen molar-refractivity contribution in [1.29, 1.82) is 0 Å². The summed E-state index contributed by atoms with van der Waals surface area (Å²) in [5, 5.41) is 0. The molecule has 1 unspecified atom stereocenters. The Balaban J connectivity index is 1.84. The molecule has 0 aromatic heterocycles. The van der Waals surface area contributed by atoms with E-state index < -0.39 is 0 Å². The molecule has 0 spiro atoms. The van der Waals surface area contributed by atoms with E-state index in [1.54, 1.807) is 0 Å². The van der Waals surface area contributed by atoms with Gasteiger partial charge in [0, 0.05) is 6.04 Å². The van der Waals surface area contributed by atoms with Gasteiger partial charge in [-0.05, 0) is 50.8 Å². The molecular formula is C16H25NO2. The van der Waals surface area contributed by atoms with Crippen molar-refractivity contribution in [3.8, 4) is 5.75 Å². The molecule has 1 aromatic rings. The summed E-state index contributed by atoms with van der Waals surface area (Å²) in [6.45, 7) is 6.98. The summed E-state index contributed by atoms with van der Waals surface area (Å²) in [7, 11) is 0. The van der Waals surface area contributed by atoms with Gasteiger partial charge in [0.2, 0.25) is 0 Å². The molecule has 1 aliphatic heterocycles. The summed E-state index contributed by atoms with van der Waals surface area (Å²) in [4.78, 5) is 0. The largest absolute Gasteiger partial charge is 0.491 e. The third-order valence-corrected chi connectivity index (χ3v) is 3.74.